The number of nitrogens with zero attached hydrogens (tertiary/aromatic N) is 1. The van der Waals surface area contributed by atoms with Gasteiger partial charge in [-0.1, -0.05) is 24.0 Å². The molecule has 9 heteroatoms. The molecule has 0 aliphatic carbocycles. The topological polar surface area (TPSA) is 84.9 Å². The zero-order chi connectivity index (χ0) is 19.1. The Hall–Kier alpha value is -2.13. The van der Waals surface area contributed by atoms with Gasteiger partial charge >= 0.3 is 0 Å². The third-order valence-electron chi connectivity index (χ3n) is 3.40. The van der Waals surface area contributed by atoms with E-state index in [-0.39, 0.29) is 40.6 Å². The number of anilines is 1. The van der Waals surface area contributed by atoms with E-state index in [1.165, 1.54) is 0 Å². The highest BCUT2D eigenvalue weighted by Crippen LogP contribution is 2.30. The van der Waals surface area contributed by atoms with E-state index in [9.17, 15) is 14.4 Å². The van der Waals surface area contributed by atoms with Gasteiger partial charge in [-0.25, -0.2) is 4.90 Å². The number of ether oxygens (including phenoxy) is 2. The number of thioether (sulfide) groups is 1. The molecule has 1 aliphatic rings. The van der Waals surface area contributed by atoms with Gasteiger partial charge in [0.05, 0.1) is 24.7 Å². The first kappa shape index (κ1) is 20.2. The van der Waals surface area contributed by atoms with Crippen LogP contribution < -0.4 is 14.8 Å². The fraction of sp³-hybridized carbons (Fsp3) is 0.412. The van der Waals surface area contributed by atoms with Gasteiger partial charge in [-0.15, -0.1) is 0 Å². The molecule has 26 heavy (non-hydrogen) atoms. The first-order valence-electron chi connectivity index (χ1n) is 8.18. The average molecular weight is 396 g/mol. The standard InChI is InChI=1S/C17H20N2O5S2/c1-3-23-11-5-6-13(24-4-2)12(9-11)18-14(20)10-26-17(25)19-15(21)7-8-16(19)22/h5-6,9H,3-4,7-8,10H2,1-2H3,(H,18,20). The van der Waals surface area contributed by atoms with Crippen LogP contribution in [0.1, 0.15) is 26.7 Å². The molecule has 3 amide bonds. The Morgan fingerprint density at radius 2 is 1.85 bits per heavy atom. The largest absolute Gasteiger partial charge is 0.494 e. The van der Waals surface area contributed by atoms with Gasteiger partial charge in [-0.3, -0.25) is 14.4 Å². The SMILES string of the molecule is CCOc1ccc(OCC)c(NC(=O)CSC(=S)N2C(=O)CCC2=O)c1. The highest BCUT2D eigenvalue weighted by molar-refractivity contribution is 8.23. The average Bonchev–Trinajstić information content (AvgIpc) is 2.94. The number of hydrogen-bond acceptors (Lipinski definition) is 7. The highest BCUT2D eigenvalue weighted by Gasteiger charge is 2.32. The second-order valence-corrected chi connectivity index (χ2v) is 6.86. The van der Waals surface area contributed by atoms with Crippen LogP contribution in [0.15, 0.2) is 18.2 Å². The lowest BCUT2D eigenvalue weighted by Crippen LogP contribution is -2.33. The predicted molar refractivity (Wildman–Crippen MR) is 104 cm³/mol. The van der Waals surface area contributed by atoms with E-state index in [0.717, 1.165) is 16.7 Å². The lowest BCUT2D eigenvalue weighted by Gasteiger charge is -2.15. The predicted octanol–water partition coefficient (Wildman–Crippen LogP) is 2.59. The Morgan fingerprint density at radius 3 is 2.46 bits per heavy atom. The molecule has 0 unspecified atom stereocenters. The molecule has 1 heterocycles. The number of carbonyl (C=O) groups excluding carboxylic acids is 3. The lowest BCUT2D eigenvalue weighted by molar-refractivity contribution is -0.133. The molecule has 0 radical (unpaired) electrons. The fourth-order valence-corrected chi connectivity index (χ4v) is 3.34. The van der Waals surface area contributed by atoms with E-state index in [2.05, 4.69) is 5.32 Å². The summed E-state index contributed by atoms with van der Waals surface area (Å²) >= 11 is 6.07. The Balaban J connectivity index is 1.98. The van der Waals surface area contributed by atoms with E-state index in [0.29, 0.717) is 30.4 Å². The number of nitrogens with one attached hydrogen (secondary N) is 1. The van der Waals surface area contributed by atoms with Gasteiger partial charge in [0.15, 0.2) is 0 Å². The zero-order valence-electron chi connectivity index (χ0n) is 14.6. The van der Waals surface area contributed by atoms with Crippen molar-refractivity contribution in [2.24, 2.45) is 0 Å². The molecule has 1 aromatic carbocycles. The molecular formula is C17H20N2O5S2. The molecule has 1 N–H and O–H groups in total. The number of imide groups is 1. The summed E-state index contributed by atoms with van der Waals surface area (Å²) in [5.74, 6) is 0.141. The summed E-state index contributed by atoms with van der Waals surface area (Å²) < 4.78 is 11.0. The van der Waals surface area contributed by atoms with Crippen molar-refractivity contribution in [1.82, 2.24) is 4.90 Å². The third kappa shape index (κ3) is 5.18. The maximum atomic E-state index is 12.2. The molecule has 1 aliphatic heterocycles. The van der Waals surface area contributed by atoms with Crippen LogP contribution in [0.5, 0.6) is 11.5 Å². The molecular weight excluding hydrogens is 376 g/mol. The molecule has 0 spiro atoms. The number of amides is 3. The van der Waals surface area contributed by atoms with E-state index >= 15 is 0 Å². The van der Waals surface area contributed by atoms with Crippen LogP contribution in [0.3, 0.4) is 0 Å². The van der Waals surface area contributed by atoms with Gasteiger partial charge in [0.25, 0.3) is 0 Å². The number of rotatable bonds is 7. The lowest BCUT2D eigenvalue weighted by atomic mass is 10.2. The molecule has 140 valence electrons. The smallest absolute Gasteiger partial charge is 0.235 e. The number of hydrogen-bond donors (Lipinski definition) is 1. The Morgan fingerprint density at radius 1 is 1.19 bits per heavy atom. The van der Waals surface area contributed by atoms with Crippen molar-refractivity contribution in [2.45, 2.75) is 26.7 Å². The van der Waals surface area contributed by atoms with Gasteiger partial charge in [-0.05, 0) is 26.0 Å². The first-order valence-corrected chi connectivity index (χ1v) is 9.57. The summed E-state index contributed by atoms with van der Waals surface area (Å²) in [4.78, 5) is 36.5. The van der Waals surface area contributed by atoms with Crippen LogP contribution in [0.4, 0.5) is 5.69 Å². The Kier molecular flexibility index (Phi) is 7.40. The molecule has 7 nitrogen and oxygen atoms in total. The van der Waals surface area contributed by atoms with Crippen LogP contribution >= 0.6 is 24.0 Å². The second kappa shape index (κ2) is 9.54. The van der Waals surface area contributed by atoms with Crippen molar-refractivity contribution in [3.63, 3.8) is 0 Å². The fourth-order valence-electron chi connectivity index (χ4n) is 2.30. The molecule has 0 aromatic heterocycles. The molecule has 1 aromatic rings. The summed E-state index contributed by atoms with van der Waals surface area (Å²) in [6.07, 6.45) is 0.321. The summed E-state index contributed by atoms with van der Waals surface area (Å²) in [7, 11) is 0. The number of benzene rings is 1. The second-order valence-electron chi connectivity index (χ2n) is 5.25. The van der Waals surface area contributed by atoms with Crippen LogP contribution in [0.2, 0.25) is 0 Å². The Bertz CT molecular complexity index is 707. The highest BCUT2D eigenvalue weighted by atomic mass is 32.2. The molecule has 0 bridgehead atoms. The minimum Gasteiger partial charge on any atom is -0.494 e. The molecule has 1 saturated heterocycles. The summed E-state index contributed by atoms with van der Waals surface area (Å²) in [5.41, 5.74) is 0.489. The maximum Gasteiger partial charge on any atom is 0.235 e. The van der Waals surface area contributed by atoms with Gasteiger partial charge in [-0.2, -0.15) is 0 Å². The van der Waals surface area contributed by atoms with E-state index < -0.39 is 0 Å². The third-order valence-corrected chi connectivity index (χ3v) is 4.77. The van der Waals surface area contributed by atoms with Gasteiger partial charge in [0.2, 0.25) is 17.7 Å². The minimum atomic E-state index is -0.328. The van der Waals surface area contributed by atoms with Crippen molar-refractivity contribution in [3.05, 3.63) is 18.2 Å². The summed E-state index contributed by atoms with van der Waals surface area (Å²) in [6, 6.07) is 5.17. The van der Waals surface area contributed by atoms with E-state index in [1.807, 2.05) is 13.8 Å². The molecule has 2 rings (SSSR count). The van der Waals surface area contributed by atoms with Gasteiger partial charge < -0.3 is 14.8 Å². The minimum absolute atomic E-state index is 0.0275. The van der Waals surface area contributed by atoms with Crippen molar-refractivity contribution in [2.75, 3.05) is 24.3 Å². The summed E-state index contributed by atoms with van der Waals surface area (Å²) in [5, 5.41) is 2.75. The van der Waals surface area contributed by atoms with Crippen LogP contribution in [0, 0.1) is 0 Å². The normalized spacial score (nSPS) is 13.7. The van der Waals surface area contributed by atoms with Crippen molar-refractivity contribution >= 4 is 51.7 Å². The van der Waals surface area contributed by atoms with Crippen LogP contribution in [-0.4, -0.2) is 45.9 Å². The summed E-state index contributed by atoms with van der Waals surface area (Å²) in [6.45, 7) is 4.67. The van der Waals surface area contributed by atoms with Gasteiger partial charge in [0.1, 0.15) is 15.8 Å². The van der Waals surface area contributed by atoms with Crippen LogP contribution in [-0.2, 0) is 14.4 Å². The maximum absolute atomic E-state index is 12.2. The van der Waals surface area contributed by atoms with Crippen molar-refractivity contribution in [1.29, 1.82) is 0 Å². The molecule has 1 fully saturated rings. The quantitative estimate of drug-likeness (QED) is 0.560. The number of likely N-dealkylation sites (tertiary alicyclic amines) is 1. The molecule has 0 saturated carbocycles. The van der Waals surface area contributed by atoms with Gasteiger partial charge in [0, 0.05) is 18.9 Å². The van der Waals surface area contributed by atoms with Crippen molar-refractivity contribution < 1.29 is 23.9 Å². The van der Waals surface area contributed by atoms with E-state index in [1.54, 1.807) is 18.2 Å². The zero-order valence-corrected chi connectivity index (χ0v) is 16.2. The molecule has 0 atom stereocenters. The number of thiocarbonyl (C=S) groups is 1. The first-order chi connectivity index (χ1) is 12.5. The monoisotopic (exact) mass is 396 g/mol. The number of carbonyl (C=O) groups is 3. The van der Waals surface area contributed by atoms with E-state index in [4.69, 9.17) is 21.7 Å². The van der Waals surface area contributed by atoms with Crippen LogP contribution in [0.25, 0.3) is 0 Å². The van der Waals surface area contributed by atoms with Crippen molar-refractivity contribution in [3.8, 4) is 11.5 Å². The Labute approximate surface area is 161 Å².